The Bertz CT molecular complexity index is 484. The van der Waals surface area contributed by atoms with Crippen molar-refractivity contribution in [3.63, 3.8) is 0 Å². The Balaban J connectivity index is 1.47. The summed E-state index contributed by atoms with van der Waals surface area (Å²) in [5, 5.41) is 5.85. The van der Waals surface area contributed by atoms with Crippen molar-refractivity contribution in [3.8, 4) is 0 Å². The normalized spacial score (nSPS) is 37.7. The van der Waals surface area contributed by atoms with Gasteiger partial charge in [-0.1, -0.05) is 12.2 Å². The fraction of sp³-hybridized carbons (Fsp3) is 0.750. The Morgan fingerprint density at radius 2 is 2.05 bits per heavy atom. The molecule has 0 aromatic carbocycles. The van der Waals surface area contributed by atoms with Crippen molar-refractivity contribution in [2.24, 2.45) is 11.3 Å². The summed E-state index contributed by atoms with van der Waals surface area (Å²) >= 11 is 0. The number of allylic oxidation sites excluding steroid dienone is 1. The zero-order chi connectivity index (χ0) is 15.3. The molecule has 1 saturated heterocycles. The molecule has 21 heavy (non-hydrogen) atoms. The standard InChI is InChI=1S/C16H24N2O3/c1-14(2,3)21-13(20)18-16-8-15(9-16,10-16)6-4-11-5-7-17-12(11)19/h4,6,11H,5,7-10H2,1-3H3,(H,17,19)(H,18,20)/b6-4+. The first-order valence-electron chi connectivity index (χ1n) is 7.69. The largest absolute Gasteiger partial charge is 0.444 e. The molecule has 2 bridgehead atoms. The van der Waals surface area contributed by atoms with Crippen LogP contribution >= 0.6 is 0 Å². The molecule has 2 N–H and O–H groups in total. The molecule has 116 valence electrons. The third kappa shape index (κ3) is 2.78. The van der Waals surface area contributed by atoms with Crippen molar-refractivity contribution in [2.45, 2.75) is 57.6 Å². The van der Waals surface area contributed by atoms with E-state index in [-0.39, 0.29) is 28.9 Å². The van der Waals surface area contributed by atoms with Gasteiger partial charge in [-0.25, -0.2) is 4.79 Å². The number of carbonyl (C=O) groups is 2. The van der Waals surface area contributed by atoms with Gasteiger partial charge in [-0.3, -0.25) is 4.79 Å². The molecule has 0 radical (unpaired) electrons. The molecule has 5 nitrogen and oxygen atoms in total. The summed E-state index contributed by atoms with van der Waals surface area (Å²) in [4.78, 5) is 23.3. The maximum atomic E-state index is 11.8. The predicted octanol–water partition coefficient (Wildman–Crippen LogP) is 2.13. The Kier molecular flexibility index (Phi) is 3.08. The number of hydrogen-bond donors (Lipinski definition) is 2. The summed E-state index contributed by atoms with van der Waals surface area (Å²) in [7, 11) is 0. The zero-order valence-corrected chi connectivity index (χ0v) is 13.0. The van der Waals surface area contributed by atoms with E-state index in [0.29, 0.717) is 0 Å². The first-order valence-corrected chi connectivity index (χ1v) is 7.69. The van der Waals surface area contributed by atoms with E-state index in [9.17, 15) is 9.59 Å². The van der Waals surface area contributed by atoms with E-state index in [1.165, 1.54) is 0 Å². The summed E-state index contributed by atoms with van der Waals surface area (Å²) in [5.41, 5.74) is -0.316. The Labute approximate surface area is 125 Å². The molecule has 1 aliphatic heterocycles. The Hall–Kier alpha value is -1.52. The highest BCUT2D eigenvalue weighted by molar-refractivity contribution is 5.82. The van der Waals surface area contributed by atoms with Crippen LogP contribution in [0.4, 0.5) is 4.79 Å². The molecule has 0 aromatic rings. The number of nitrogens with one attached hydrogen (secondary N) is 2. The van der Waals surface area contributed by atoms with E-state index in [1.54, 1.807) is 0 Å². The molecule has 4 aliphatic rings. The van der Waals surface area contributed by atoms with Crippen molar-refractivity contribution >= 4 is 12.0 Å². The molecule has 4 rings (SSSR count). The van der Waals surface area contributed by atoms with Crippen molar-refractivity contribution in [1.29, 1.82) is 0 Å². The highest BCUT2D eigenvalue weighted by Gasteiger charge is 2.67. The average Bonchev–Trinajstić information content (AvgIpc) is 2.63. The minimum absolute atomic E-state index is 0.0359. The van der Waals surface area contributed by atoms with Crippen LogP contribution in [0.2, 0.25) is 0 Å². The highest BCUT2D eigenvalue weighted by Crippen LogP contribution is 2.68. The SMILES string of the molecule is CC(C)(C)OC(=O)NC12CC(/C=C/C3CCNC3=O)(C1)C2. The summed E-state index contributed by atoms with van der Waals surface area (Å²) in [6.07, 6.45) is 7.71. The highest BCUT2D eigenvalue weighted by atomic mass is 16.6. The van der Waals surface area contributed by atoms with E-state index in [2.05, 4.69) is 22.8 Å². The predicted molar refractivity (Wildman–Crippen MR) is 78.6 cm³/mol. The minimum Gasteiger partial charge on any atom is -0.444 e. The molecule has 1 unspecified atom stereocenters. The van der Waals surface area contributed by atoms with Crippen LogP contribution in [0.15, 0.2) is 12.2 Å². The van der Waals surface area contributed by atoms with Crippen LogP contribution < -0.4 is 10.6 Å². The monoisotopic (exact) mass is 292 g/mol. The van der Waals surface area contributed by atoms with E-state index in [1.807, 2.05) is 20.8 Å². The first kappa shape index (κ1) is 14.4. The smallest absolute Gasteiger partial charge is 0.408 e. The zero-order valence-electron chi connectivity index (χ0n) is 13.0. The molecule has 5 heteroatoms. The Morgan fingerprint density at radius 3 is 2.57 bits per heavy atom. The molecule has 3 saturated carbocycles. The topological polar surface area (TPSA) is 67.4 Å². The van der Waals surface area contributed by atoms with Crippen LogP contribution in [0.1, 0.15) is 46.5 Å². The second kappa shape index (κ2) is 4.49. The van der Waals surface area contributed by atoms with Gasteiger partial charge >= 0.3 is 6.09 Å². The third-order valence-corrected chi connectivity index (χ3v) is 4.61. The number of ether oxygens (including phenoxy) is 1. The van der Waals surface area contributed by atoms with Gasteiger partial charge in [-0.2, -0.15) is 0 Å². The molecule has 0 aromatic heterocycles. The number of amides is 2. The van der Waals surface area contributed by atoms with Gasteiger partial charge in [0.05, 0.1) is 5.92 Å². The number of alkyl carbamates (subject to hydrolysis) is 1. The van der Waals surface area contributed by atoms with Crippen LogP contribution in [0, 0.1) is 11.3 Å². The molecular weight excluding hydrogens is 268 g/mol. The van der Waals surface area contributed by atoms with Gasteiger partial charge in [0.15, 0.2) is 0 Å². The van der Waals surface area contributed by atoms with Gasteiger partial charge < -0.3 is 15.4 Å². The lowest BCUT2D eigenvalue weighted by molar-refractivity contribution is -0.121. The summed E-state index contributed by atoms with van der Waals surface area (Å²) < 4.78 is 5.30. The molecule has 4 fully saturated rings. The van der Waals surface area contributed by atoms with Crippen LogP contribution in [-0.2, 0) is 9.53 Å². The van der Waals surface area contributed by atoms with Crippen LogP contribution in [0.3, 0.4) is 0 Å². The van der Waals surface area contributed by atoms with Crippen molar-refractivity contribution in [3.05, 3.63) is 12.2 Å². The van der Waals surface area contributed by atoms with Gasteiger partial charge in [0.25, 0.3) is 0 Å². The van der Waals surface area contributed by atoms with Gasteiger partial charge in [-0.15, -0.1) is 0 Å². The molecule has 1 heterocycles. The van der Waals surface area contributed by atoms with E-state index in [0.717, 1.165) is 32.2 Å². The summed E-state index contributed by atoms with van der Waals surface area (Å²) in [6.45, 7) is 6.38. The lowest BCUT2D eigenvalue weighted by Gasteiger charge is -2.69. The fourth-order valence-corrected chi connectivity index (χ4v) is 3.81. The average molecular weight is 292 g/mol. The minimum atomic E-state index is -0.457. The molecule has 1 atom stereocenters. The van der Waals surface area contributed by atoms with Gasteiger partial charge in [-0.05, 0) is 51.9 Å². The van der Waals surface area contributed by atoms with Crippen molar-refractivity contribution in [1.82, 2.24) is 10.6 Å². The third-order valence-electron chi connectivity index (χ3n) is 4.61. The summed E-state index contributed by atoms with van der Waals surface area (Å²) in [5.74, 6) is 0.174. The van der Waals surface area contributed by atoms with Gasteiger partial charge in [0, 0.05) is 12.1 Å². The first-order chi connectivity index (χ1) is 9.71. The fourth-order valence-electron chi connectivity index (χ4n) is 3.81. The van der Waals surface area contributed by atoms with E-state index >= 15 is 0 Å². The quantitative estimate of drug-likeness (QED) is 0.783. The number of rotatable bonds is 3. The van der Waals surface area contributed by atoms with E-state index < -0.39 is 5.60 Å². The molecule has 3 aliphatic carbocycles. The molecule has 2 amide bonds. The van der Waals surface area contributed by atoms with Crippen LogP contribution in [-0.4, -0.2) is 29.7 Å². The van der Waals surface area contributed by atoms with Gasteiger partial charge in [0.2, 0.25) is 5.91 Å². The van der Waals surface area contributed by atoms with E-state index in [4.69, 9.17) is 4.74 Å². The second-order valence-electron chi connectivity index (χ2n) is 7.85. The lowest BCUT2D eigenvalue weighted by atomic mass is 9.39. The van der Waals surface area contributed by atoms with Crippen LogP contribution in [0.5, 0.6) is 0 Å². The van der Waals surface area contributed by atoms with Crippen LogP contribution in [0.25, 0.3) is 0 Å². The van der Waals surface area contributed by atoms with Gasteiger partial charge in [0.1, 0.15) is 5.60 Å². The maximum absolute atomic E-state index is 11.8. The number of carbonyl (C=O) groups excluding carboxylic acids is 2. The van der Waals surface area contributed by atoms with Crippen molar-refractivity contribution < 1.29 is 14.3 Å². The van der Waals surface area contributed by atoms with Crippen molar-refractivity contribution in [2.75, 3.05) is 6.54 Å². The maximum Gasteiger partial charge on any atom is 0.408 e. The summed E-state index contributed by atoms with van der Waals surface area (Å²) in [6, 6.07) is 0. The molecule has 0 spiro atoms. The molecular formula is C16H24N2O3. The Morgan fingerprint density at radius 1 is 1.38 bits per heavy atom. The second-order valence-corrected chi connectivity index (χ2v) is 7.85. The lowest BCUT2D eigenvalue weighted by Crippen LogP contribution is -2.74. The number of hydrogen-bond acceptors (Lipinski definition) is 3.